The molecule has 2 aliphatic heterocycles. The highest BCUT2D eigenvalue weighted by atomic mass is 16.7. The maximum Gasteiger partial charge on any atom is 0.335 e. The molecule has 184 valence electrons. The Hall–Kier alpha value is -3.83. The number of aryl methyl sites for hydroxylation is 2. The zero-order valence-corrected chi connectivity index (χ0v) is 19.9. The number of hydrogen-bond donors (Lipinski definition) is 1. The van der Waals surface area contributed by atoms with Gasteiger partial charge in [0.1, 0.15) is 0 Å². The lowest BCUT2D eigenvalue weighted by Gasteiger charge is -2.46. The number of benzene rings is 2. The van der Waals surface area contributed by atoms with E-state index in [9.17, 15) is 24.5 Å². The summed E-state index contributed by atoms with van der Waals surface area (Å²) < 4.78 is 10.6. The standard InChI is InChI=1S/C24H26N4O7/c1-14-5-7-18(15(2)9-14)27-22(30)24(21(29)25-23(27)31)11-16-10-17(28(32)33)6-8-19(16)26(13-24)12-20(34-3)35-4/h5-10,20H,11-13H2,1-4H3,(H,25,29,31)/t24-/m0/s1. The van der Waals surface area contributed by atoms with Crippen LogP contribution in [0.2, 0.25) is 0 Å². The van der Waals surface area contributed by atoms with Crippen LogP contribution in [0.5, 0.6) is 0 Å². The molecule has 1 N–H and O–H groups in total. The number of hydrogen-bond acceptors (Lipinski definition) is 8. The van der Waals surface area contributed by atoms with Gasteiger partial charge in [-0.15, -0.1) is 0 Å². The molecule has 0 unspecified atom stereocenters. The Balaban J connectivity index is 1.84. The van der Waals surface area contributed by atoms with E-state index in [0.29, 0.717) is 22.5 Å². The molecule has 2 aromatic carbocycles. The molecular weight excluding hydrogens is 456 g/mol. The van der Waals surface area contributed by atoms with Crippen molar-refractivity contribution in [3.05, 3.63) is 63.2 Å². The van der Waals surface area contributed by atoms with Crippen LogP contribution in [0.1, 0.15) is 16.7 Å². The summed E-state index contributed by atoms with van der Waals surface area (Å²) in [5.74, 6) is -1.44. The highest BCUT2D eigenvalue weighted by molar-refractivity contribution is 6.30. The number of imide groups is 2. The number of rotatable bonds is 6. The largest absolute Gasteiger partial charge is 0.365 e. The van der Waals surface area contributed by atoms with E-state index in [1.165, 1.54) is 26.4 Å². The van der Waals surface area contributed by atoms with Gasteiger partial charge in [-0.1, -0.05) is 17.7 Å². The van der Waals surface area contributed by atoms with Gasteiger partial charge in [0, 0.05) is 38.6 Å². The molecule has 2 heterocycles. The fraction of sp³-hybridized carbons (Fsp3) is 0.375. The summed E-state index contributed by atoms with van der Waals surface area (Å²) in [7, 11) is 2.92. The molecule has 2 aromatic rings. The van der Waals surface area contributed by atoms with Crippen molar-refractivity contribution in [2.75, 3.05) is 37.1 Å². The minimum Gasteiger partial charge on any atom is -0.365 e. The van der Waals surface area contributed by atoms with E-state index >= 15 is 0 Å². The maximum absolute atomic E-state index is 14.0. The van der Waals surface area contributed by atoms with Crippen LogP contribution in [0.4, 0.5) is 21.9 Å². The van der Waals surface area contributed by atoms with Crippen LogP contribution in [0.25, 0.3) is 0 Å². The Morgan fingerprint density at radius 1 is 1.09 bits per heavy atom. The van der Waals surface area contributed by atoms with Gasteiger partial charge in [-0.25, -0.2) is 9.69 Å². The van der Waals surface area contributed by atoms with Crippen molar-refractivity contribution < 1.29 is 28.8 Å². The van der Waals surface area contributed by atoms with Gasteiger partial charge in [0.15, 0.2) is 11.7 Å². The van der Waals surface area contributed by atoms with Crippen molar-refractivity contribution in [3.8, 4) is 0 Å². The van der Waals surface area contributed by atoms with Crippen LogP contribution in [0.3, 0.4) is 0 Å². The molecule has 4 amide bonds. The molecule has 1 spiro atoms. The molecule has 1 saturated heterocycles. The summed E-state index contributed by atoms with van der Waals surface area (Å²) in [6.07, 6.45) is -0.795. The molecule has 11 nitrogen and oxygen atoms in total. The number of nitrogens with zero attached hydrogens (tertiary/aromatic N) is 3. The number of urea groups is 1. The highest BCUT2D eigenvalue weighted by Gasteiger charge is 2.57. The third kappa shape index (κ3) is 4.13. The van der Waals surface area contributed by atoms with Crippen molar-refractivity contribution in [1.29, 1.82) is 0 Å². The molecule has 0 bridgehead atoms. The van der Waals surface area contributed by atoms with E-state index in [-0.39, 0.29) is 25.2 Å². The third-order valence-electron chi connectivity index (χ3n) is 6.53. The van der Waals surface area contributed by atoms with E-state index in [4.69, 9.17) is 9.47 Å². The molecule has 1 atom stereocenters. The Labute approximate surface area is 201 Å². The van der Waals surface area contributed by atoms with Crippen molar-refractivity contribution in [3.63, 3.8) is 0 Å². The predicted molar refractivity (Wildman–Crippen MR) is 126 cm³/mol. The van der Waals surface area contributed by atoms with Crippen LogP contribution >= 0.6 is 0 Å². The molecule has 0 radical (unpaired) electrons. The minimum atomic E-state index is -1.69. The number of carbonyl (C=O) groups is 3. The average Bonchev–Trinajstić information content (AvgIpc) is 2.82. The second kappa shape index (κ2) is 9.08. The number of carbonyl (C=O) groups excluding carboxylic acids is 3. The first-order chi connectivity index (χ1) is 16.6. The van der Waals surface area contributed by atoms with Gasteiger partial charge in [-0.05, 0) is 43.5 Å². The molecule has 0 aromatic heterocycles. The fourth-order valence-corrected chi connectivity index (χ4v) is 4.76. The van der Waals surface area contributed by atoms with Crippen molar-refractivity contribution >= 4 is 34.9 Å². The Kier molecular flexibility index (Phi) is 6.30. The van der Waals surface area contributed by atoms with Crippen LogP contribution in [-0.2, 0) is 25.5 Å². The van der Waals surface area contributed by atoms with Gasteiger partial charge in [-0.2, -0.15) is 0 Å². The Bertz CT molecular complexity index is 1230. The Morgan fingerprint density at radius 3 is 2.40 bits per heavy atom. The number of nitro benzene ring substituents is 1. The second-order valence-electron chi connectivity index (χ2n) is 8.80. The number of nitrogens with one attached hydrogen (secondary N) is 1. The first-order valence-corrected chi connectivity index (χ1v) is 11.0. The molecule has 1 fully saturated rings. The zero-order valence-electron chi connectivity index (χ0n) is 19.9. The SMILES string of the molecule is COC(CN1C[C@@]2(Cc3cc([N+](=O)[O-])ccc31)C(=O)NC(=O)N(c1ccc(C)cc1C)C2=O)OC. The second-order valence-corrected chi connectivity index (χ2v) is 8.80. The van der Waals surface area contributed by atoms with Crippen LogP contribution in [0, 0.1) is 29.4 Å². The molecule has 11 heteroatoms. The fourth-order valence-electron chi connectivity index (χ4n) is 4.76. The topological polar surface area (TPSA) is 131 Å². The van der Waals surface area contributed by atoms with Crippen LogP contribution in [0.15, 0.2) is 36.4 Å². The smallest absolute Gasteiger partial charge is 0.335 e. The van der Waals surface area contributed by atoms with E-state index in [1.54, 1.807) is 30.0 Å². The normalized spacial score (nSPS) is 19.9. The van der Waals surface area contributed by atoms with Gasteiger partial charge in [0.05, 0.1) is 17.2 Å². The summed E-state index contributed by atoms with van der Waals surface area (Å²) in [5, 5.41) is 13.8. The quantitative estimate of drug-likeness (QED) is 0.288. The van der Waals surface area contributed by atoms with Crippen LogP contribution < -0.4 is 15.1 Å². The van der Waals surface area contributed by atoms with Crippen molar-refractivity contribution in [2.24, 2.45) is 5.41 Å². The molecule has 2 aliphatic rings. The molecule has 0 saturated carbocycles. The summed E-state index contributed by atoms with van der Waals surface area (Å²) in [5.41, 5.74) is 1.22. The van der Waals surface area contributed by atoms with E-state index in [0.717, 1.165) is 10.5 Å². The zero-order chi connectivity index (χ0) is 25.5. The number of non-ortho nitro benzene ring substituents is 1. The highest BCUT2D eigenvalue weighted by Crippen LogP contribution is 2.42. The van der Waals surface area contributed by atoms with E-state index in [2.05, 4.69) is 5.32 Å². The maximum atomic E-state index is 14.0. The first kappa shape index (κ1) is 24.3. The lowest BCUT2D eigenvalue weighted by Crippen LogP contribution is -2.69. The van der Waals surface area contributed by atoms with E-state index < -0.39 is 34.5 Å². The number of ether oxygens (including phenoxy) is 2. The number of fused-ring (bicyclic) bond motifs is 1. The monoisotopic (exact) mass is 482 g/mol. The van der Waals surface area contributed by atoms with Crippen LogP contribution in [-0.4, -0.2) is 56.4 Å². The molecule has 4 rings (SSSR count). The van der Waals surface area contributed by atoms with Crippen molar-refractivity contribution in [1.82, 2.24) is 5.32 Å². The van der Waals surface area contributed by atoms with Gasteiger partial charge >= 0.3 is 6.03 Å². The molecule has 0 aliphatic carbocycles. The number of nitro groups is 1. The molecule has 35 heavy (non-hydrogen) atoms. The van der Waals surface area contributed by atoms with Crippen molar-refractivity contribution in [2.45, 2.75) is 26.6 Å². The Morgan fingerprint density at radius 2 is 1.77 bits per heavy atom. The summed E-state index contributed by atoms with van der Waals surface area (Å²) in [4.78, 5) is 53.8. The number of barbiturate groups is 1. The number of methoxy groups -OCH3 is 2. The minimum absolute atomic E-state index is 0.0691. The number of amides is 4. The summed E-state index contributed by atoms with van der Waals surface area (Å²) in [6.45, 7) is 3.75. The lowest BCUT2D eigenvalue weighted by molar-refractivity contribution is -0.384. The van der Waals surface area contributed by atoms with Gasteiger partial charge in [0.2, 0.25) is 5.91 Å². The molecular formula is C24H26N4O7. The first-order valence-electron chi connectivity index (χ1n) is 11.0. The van der Waals surface area contributed by atoms with E-state index in [1.807, 2.05) is 13.0 Å². The van der Waals surface area contributed by atoms with Gasteiger partial charge in [-0.3, -0.25) is 25.0 Å². The predicted octanol–water partition coefficient (Wildman–Crippen LogP) is 2.46. The number of anilines is 2. The lowest BCUT2D eigenvalue weighted by atomic mass is 9.74. The van der Waals surface area contributed by atoms with Gasteiger partial charge < -0.3 is 14.4 Å². The third-order valence-corrected chi connectivity index (χ3v) is 6.53. The van der Waals surface area contributed by atoms with Gasteiger partial charge in [0.25, 0.3) is 11.6 Å². The summed E-state index contributed by atoms with van der Waals surface area (Å²) >= 11 is 0. The average molecular weight is 482 g/mol. The summed E-state index contributed by atoms with van der Waals surface area (Å²) in [6, 6.07) is 8.76.